The molecule has 1 aliphatic heterocycles. The normalized spacial score (nSPS) is 24.4. The van der Waals surface area contributed by atoms with Crippen LogP contribution in [0.4, 0.5) is 0 Å². The summed E-state index contributed by atoms with van der Waals surface area (Å²) in [5.41, 5.74) is 15.7. The van der Waals surface area contributed by atoms with Crippen molar-refractivity contribution < 1.29 is 4.74 Å². The summed E-state index contributed by atoms with van der Waals surface area (Å²) in [7, 11) is 0. The number of allylic oxidation sites excluding steroid dienone is 13. The summed E-state index contributed by atoms with van der Waals surface area (Å²) in [6.45, 7) is 0. The molecule has 0 saturated heterocycles. The van der Waals surface area contributed by atoms with Crippen molar-refractivity contribution in [1.82, 2.24) is 5.32 Å². The van der Waals surface area contributed by atoms with Gasteiger partial charge in [-0.25, -0.2) is 0 Å². The van der Waals surface area contributed by atoms with Crippen molar-refractivity contribution in [2.45, 2.75) is 50.8 Å². The van der Waals surface area contributed by atoms with E-state index < -0.39 is 6.23 Å². The summed E-state index contributed by atoms with van der Waals surface area (Å²) in [5.74, 6) is 1.25. The fraction of sp³-hybridized carbons (Fsp3) is 0.238. The fourth-order valence-electron chi connectivity index (χ4n) is 6.79. The smallest absolute Gasteiger partial charge is 0.210 e. The molecule has 1 heterocycles. The highest BCUT2D eigenvalue weighted by atomic mass is 16.5. The van der Waals surface area contributed by atoms with Crippen molar-refractivity contribution in [3.05, 3.63) is 178 Å². The number of benzene rings is 2. The number of nitrogens with zero attached hydrogens (tertiary/aromatic N) is 1. The van der Waals surface area contributed by atoms with Crippen molar-refractivity contribution in [2.75, 3.05) is 0 Å². The van der Waals surface area contributed by atoms with Gasteiger partial charge < -0.3 is 10.1 Å². The van der Waals surface area contributed by atoms with Crippen LogP contribution in [-0.4, -0.2) is 18.0 Å². The minimum absolute atomic E-state index is 0.0411. The van der Waals surface area contributed by atoms with Crippen LogP contribution in [0, 0.1) is 17.2 Å². The zero-order valence-electron chi connectivity index (χ0n) is 26.7. The van der Waals surface area contributed by atoms with Gasteiger partial charge in [-0.3, -0.25) is 16.1 Å². The minimum Gasteiger partial charge on any atom is -0.458 e. The van der Waals surface area contributed by atoms with Gasteiger partial charge in [-0.1, -0.05) is 127 Å². The molecule has 2 aromatic carbocycles. The monoisotopic (exact) mass is 618 g/mol. The molecule has 0 aromatic heterocycles. The van der Waals surface area contributed by atoms with E-state index in [-0.39, 0.29) is 23.8 Å². The molecule has 0 radical (unpaired) electrons. The molecule has 236 valence electrons. The van der Waals surface area contributed by atoms with E-state index in [1.807, 2.05) is 24.3 Å². The van der Waals surface area contributed by atoms with Gasteiger partial charge in [0, 0.05) is 28.7 Å². The van der Waals surface area contributed by atoms with Gasteiger partial charge in [-0.05, 0) is 73.0 Å². The van der Waals surface area contributed by atoms with Crippen molar-refractivity contribution in [1.29, 1.82) is 5.41 Å². The van der Waals surface area contributed by atoms with Crippen molar-refractivity contribution in [2.24, 2.45) is 22.6 Å². The molecule has 47 heavy (non-hydrogen) atoms. The van der Waals surface area contributed by atoms with Crippen LogP contribution in [0.15, 0.2) is 172 Å². The average Bonchev–Trinajstić information content (AvgIpc) is 3.16. The molecule has 0 bridgehead atoms. The van der Waals surface area contributed by atoms with E-state index in [1.54, 1.807) is 0 Å². The molecule has 4 aliphatic carbocycles. The summed E-state index contributed by atoms with van der Waals surface area (Å²) in [6.07, 6.45) is 31.6. The van der Waals surface area contributed by atoms with Gasteiger partial charge in [0.2, 0.25) is 5.90 Å². The first-order chi connectivity index (χ1) is 23.1. The van der Waals surface area contributed by atoms with Crippen molar-refractivity contribution >= 4 is 11.7 Å². The quantitative estimate of drug-likeness (QED) is 0.157. The predicted molar refractivity (Wildman–Crippen MR) is 193 cm³/mol. The first kappa shape index (κ1) is 30.6. The van der Waals surface area contributed by atoms with Gasteiger partial charge in [-0.2, -0.15) is 0 Å². The number of rotatable bonds is 8. The maximum atomic E-state index is 9.01. The standard InChI is InChI=1S/C42H42N4O/c43-40(47-41(44)37-26-35(29-13-5-1-6-14-29)25-36(27-37)30-15-7-2-8-16-30)33-23-21-32(22-24-33)39-28-38(31-17-9-3-10-18-31)45-42(46-39)34-19-11-4-12-20-34/h1,3-5,7,9-13,15-23,25,27-28,33,35,38,40,44H,2,6,8,14,24,26,43H2,(H,45,46). The molecule has 0 saturated carbocycles. The Morgan fingerprint density at radius 2 is 1.72 bits per heavy atom. The summed E-state index contributed by atoms with van der Waals surface area (Å²) in [5, 5.41) is 12.6. The molecule has 4 unspecified atom stereocenters. The Morgan fingerprint density at radius 1 is 0.894 bits per heavy atom. The van der Waals surface area contributed by atoms with E-state index in [1.165, 1.54) is 16.7 Å². The van der Waals surface area contributed by atoms with Crippen LogP contribution in [0.25, 0.3) is 0 Å². The molecular formula is C42H42N4O. The Labute approximate surface area is 278 Å². The third-order valence-corrected chi connectivity index (χ3v) is 9.45. The second-order valence-electron chi connectivity index (χ2n) is 12.7. The second kappa shape index (κ2) is 14.2. The predicted octanol–water partition coefficient (Wildman–Crippen LogP) is 8.87. The van der Waals surface area contributed by atoms with Gasteiger partial charge >= 0.3 is 0 Å². The van der Waals surface area contributed by atoms with Crippen LogP contribution in [-0.2, 0) is 4.74 Å². The van der Waals surface area contributed by atoms with Gasteiger partial charge in [0.25, 0.3) is 0 Å². The first-order valence-electron chi connectivity index (χ1n) is 16.8. The highest BCUT2D eigenvalue weighted by molar-refractivity contribution is 6.01. The Hall–Kier alpha value is -5.00. The molecule has 0 spiro atoms. The van der Waals surface area contributed by atoms with E-state index >= 15 is 0 Å². The average molecular weight is 619 g/mol. The van der Waals surface area contributed by atoms with Crippen LogP contribution in [0.5, 0.6) is 0 Å². The molecule has 4 N–H and O–H groups in total. The molecule has 4 atom stereocenters. The molecule has 7 rings (SSSR count). The van der Waals surface area contributed by atoms with E-state index in [0.717, 1.165) is 72.3 Å². The molecule has 0 amide bonds. The van der Waals surface area contributed by atoms with Crippen LogP contribution in [0.3, 0.4) is 0 Å². The number of hydrogen-bond acceptors (Lipinski definition) is 5. The Morgan fingerprint density at radius 3 is 2.45 bits per heavy atom. The largest absolute Gasteiger partial charge is 0.458 e. The van der Waals surface area contributed by atoms with Crippen LogP contribution < -0.4 is 11.1 Å². The number of ether oxygens (including phenoxy) is 1. The van der Waals surface area contributed by atoms with E-state index in [2.05, 4.69) is 115 Å². The summed E-state index contributed by atoms with van der Waals surface area (Å²) in [4.78, 5) is 5.05. The summed E-state index contributed by atoms with van der Waals surface area (Å²) in [6, 6.07) is 20.6. The van der Waals surface area contributed by atoms with Crippen LogP contribution in [0.1, 0.15) is 55.7 Å². The van der Waals surface area contributed by atoms with Gasteiger partial charge in [-0.15, -0.1) is 0 Å². The Balaban J connectivity index is 1.05. The topological polar surface area (TPSA) is 83.5 Å². The summed E-state index contributed by atoms with van der Waals surface area (Å²) < 4.78 is 6.20. The maximum Gasteiger partial charge on any atom is 0.210 e. The van der Waals surface area contributed by atoms with Gasteiger partial charge in [0.1, 0.15) is 5.84 Å². The molecule has 5 aliphatic rings. The number of hydrogen-bond donors (Lipinski definition) is 3. The molecule has 5 nitrogen and oxygen atoms in total. The third-order valence-electron chi connectivity index (χ3n) is 9.45. The lowest BCUT2D eigenvalue weighted by atomic mass is 9.80. The SMILES string of the molecule is N=C(OC(N)C1C=CC(C2=CC(c3ccccc3)N=C(c3ccccc3)N2)=CC1)C1=CC(C2=CCCC=C2)=CC(C2=CC=CCC2)C1. The highest BCUT2D eigenvalue weighted by Crippen LogP contribution is 2.36. The van der Waals surface area contributed by atoms with Gasteiger partial charge in [0.15, 0.2) is 6.23 Å². The van der Waals surface area contributed by atoms with Crippen molar-refractivity contribution in [3.63, 3.8) is 0 Å². The molecule has 0 fully saturated rings. The first-order valence-corrected chi connectivity index (χ1v) is 16.8. The second-order valence-corrected chi connectivity index (χ2v) is 12.7. The number of nitrogens with two attached hydrogens (primary N) is 1. The lowest BCUT2D eigenvalue weighted by molar-refractivity contribution is 0.149. The lowest BCUT2D eigenvalue weighted by Gasteiger charge is -2.29. The summed E-state index contributed by atoms with van der Waals surface area (Å²) >= 11 is 0. The lowest BCUT2D eigenvalue weighted by Crippen LogP contribution is -2.35. The fourth-order valence-corrected chi connectivity index (χ4v) is 6.79. The van der Waals surface area contributed by atoms with E-state index in [9.17, 15) is 0 Å². The molecular weight excluding hydrogens is 576 g/mol. The van der Waals surface area contributed by atoms with Crippen molar-refractivity contribution in [3.8, 4) is 0 Å². The van der Waals surface area contributed by atoms with Crippen LogP contribution in [0.2, 0.25) is 0 Å². The molecule has 5 heteroatoms. The Kier molecular flexibility index (Phi) is 9.25. The number of nitrogens with one attached hydrogen (secondary N) is 2. The maximum absolute atomic E-state index is 9.01. The molecule has 2 aromatic rings. The minimum atomic E-state index is -0.623. The number of amidine groups is 1. The van der Waals surface area contributed by atoms with Gasteiger partial charge in [0.05, 0.1) is 6.04 Å². The van der Waals surface area contributed by atoms with E-state index in [4.69, 9.17) is 20.9 Å². The highest BCUT2D eigenvalue weighted by Gasteiger charge is 2.27. The third kappa shape index (κ3) is 7.21. The Bertz CT molecular complexity index is 1810. The number of aliphatic imine (C=N–C) groups is 1. The zero-order valence-corrected chi connectivity index (χ0v) is 26.7. The van der Waals surface area contributed by atoms with Crippen LogP contribution >= 0.6 is 0 Å². The van der Waals surface area contributed by atoms with E-state index in [0.29, 0.717) is 0 Å². The zero-order chi connectivity index (χ0) is 32.0.